The number of aromatic nitrogens is 2. The van der Waals surface area contributed by atoms with E-state index in [0.717, 1.165) is 0 Å². The molecule has 0 amide bonds. The van der Waals surface area contributed by atoms with Crippen LogP contribution >= 0.6 is 23.2 Å². The second-order valence-corrected chi connectivity index (χ2v) is 3.71. The van der Waals surface area contributed by atoms with Crippen molar-refractivity contribution in [1.29, 1.82) is 0 Å². The van der Waals surface area contributed by atoms with Crippen LogP contribution in [0.5, 0.6) is 0 Å². The maximum atomic E-state index is 10.7. The second kappa shape index (κ2) is 5.09. The SMILES string of the molecule is C=C(Cl)CNc1nc(C)nc(Cl)c1C=O. The third-order valence-electron chi connectivity index (χ3n) is 1.58. The molecule has 0 saturated heterocycles. The lowest BCUT2D eigenvalue weighted by Crippen LogP contribution is -2.08. The van der Waals surface area contributed by atoms with E-state index in [-0.39, 0.29) is 10.7 Å². The van der Waals surface area contributed by atoms with Crippen LogP contribution in [0.4, 0.5) is 5.82 Å². The van der Waals surface area contributed by atoms with E-state index in [9.17, 15) is 4.79 Å². The van der Waals surface area contributed by atoms with Gasteiger partial charge in [-0.15, -0.1) is 0 Å². The molecule has 0 aromatic carbocycles. The summed E-state index contributed by atoms with van der Waals surface area (Å²) in [5.74, 6) is 0.845. The molecule has 4 nitrogen and oxygen atoms in total. The van der Waals surface area contributed by atoms with Crippen LogP contribution in [0.25, 0.3) is 0 Å². The summed E-state index contributed by atoms with van der Waals surface area (Å²) in [5, 5.41) is 3.39. The Bertz CT molecular complexity index is 407. The summed E-state index contributed by atoms with van der Waals surface area (Å²) in [6.07, 6.45) is 0.598. The fraction of sp³-hybridized carbons (Fsp3) is 0.222. The molecule has 0 unspecified atom stereocenters. The number of hydrogen-bond donors (Lipinski definition) is 1. The number of nitrogens with one attached hydrogen (secondary N) is 1. The Morgan fingerprint density at radius 2 is 2.27 bits per heavy atom. The highest BCUT2D eigenvalue weighted by Gasteiger charge is 2.10. The average molecular weight is 246 g/mol. The molecule has 0 aliphatic rings. The summed E-state index contributed by atoms with van der Waals surface area (Å²) in [5.41, 5.74) is 0.222. The van der Waals surface area contributed by atoms with Gasteiger partial charge in [0, 0.05) is 5.03 Å². The van der Waals surface area contributed by atoms with Crippen molar-refractivity contribution in [3.63, 3.8) is 0 Å². The lowest BCUT2D eigenvalue weighted by atomic mass is 10.3. The fourth-order valence-electron chi connectivity index (χ4n) is 0.966. The number of nitrogens with zero attached hydrogens (tertiary/aromatic N) is 2. The number of rotatable bonds is 4. The molecule has 15 heavy (non-hydrogen) atoms. The number of aldehydes is 1. The number of carbonyl (C=O) groups is 1. The van der Waals surface area contributed by atoms with Crippen molar-refractivity contribution < 1.29 is 4.79 Å². The molecule has 0 aliphatic heterocycles. The van der Waals surface area contributed by atoms with Crippen molar-refractivity contribution in [1.82, 2.24) is 9.97 Å². The zero-order valence-corrected chi connectivity index (χ0v) is 9.56. The van der Waals surface area contributed by atoms with E-state index in [1.807, 2.05) is 0 Å². The van der Waals surface area contributed by atoms with Crippen molar-refractivity contribution in [2.75, 3.05) is 11.9 Å². The van der Waals surface area contributed by atoms with E-state index >= 15 is 0 Å². The molecule has 1 N–H and O–H groups in total. The molecule has 1 rings (SSSR count). The summed E-state index contributed by atoms with van der Waals surface area (Å²) in [7, 11) is 0. The smallest absolute Gasteiger partial charge is 0.156 e. The highest BCUT2D eigenvalue weighted by Crippen LogP contribution is 2.19. The monoisotopic (exact) mass is 245 g/mol. The Morgan fingerprint density at radius 3 is 2.80 bits per heavy atom. The van der Waals surface area contributed by atoms with Crippen LogP contribution in [0.2, 0.25) is 5.15 Å². The first kappa shape index (κ1) is 11.9. The standard InChI is InChI=1S/C9H9Cl2N3O/c1-5(10)3-12-9-7(4-15)8(11)13-6(2)14-9/h4H,1,3H2,2H3,(H,12,13,14). The number of halogens is 2. The van der Waals surface area contributed by atoms with Gasteiger partial charge in [0.2, 0.25) is 0 Å². The van der Waals surface area contributed by atoms with Gasteiger partial charge in [-0.25, -0.2) is 9.97 Å². The van der Waals surface area contributed by atoms with E-state index in [1.54, 1.807) is 6.92 Å². The minimum atomic E-state index is 0.125. The Morgan fingerprint density at radius 1 is 1.60 bits per heavy atom. The minimum absolute atomic E-state index is 0.125. The summed E-state index contributed by atoms with van der Waals surface area (Å²) < 4.78 is 0. The third-order valence-corrected chi connectivity index (χ3v) is 2.00. The van der Waals surface area contributed by atoms with Gasteiger partial charge < -0.3 is 5.32 Å². The summed E-state index contributed by atoms with van der Waals surface area (Å²) >= 11 is 11.4. The van der Waals surface area contributed by atoms with Gasteiger partial charge in [-0.05, 0) is 6.92 Å². The highest BCUT2D eigenvalue weighted by molar-refractivity contribution is 6.32. The lowest BCUT2D eigenvalue weighted by Gasteiger charge is -2.08. The summed E-state index contributed by atoms with van der Waals surface area (Å²) in [4.78, 5) is 18.6. The summed E-state index contributed by atoms with van der Waals surface area (Å²) in [6.45, 7) is 5.51. The van der Waals surface area contributed by atoms with Crippen molar-refractivity contribution in [2.45, 2.75) is 6.92 Å². The first-order chi connectivity index (χ1) is 7.04. The molecule has 0 spiro atoms. The minimum Gasteiger partial charge on any atom is -0.364 e. The third kappa shape index (κ3) is 3.18. The Balaban J connectivity index is 3.03. The van der Waals surface area contributed by atoms with Gasteiger partial charge in [-0.2, -0.15) is 0 Å². The number of anilines is 1. The highest BCUT2D eigenvalue weighted by atomic mass is 35.5. The van der Waals surface area contributed by atoms with Crippen LogP contribution in [-0.2, 0) is 0 Å². The molecule has 0 fully saturated rings. The predicted octanol–water partition coefficient (Wildman–Crippen LogP) is 2.42. The van der Waals surface area contributed by atoms with E-state index in [0.29, 0.717) is 29.5 Å². The van der Waals surface area contributed by atoms with Gasteiger partial charge in [0.05, 0.1) is 12.1 Å². The Kier molecular flexibility index (Phi) is 4.05. The van der Waals surface area contributed by atoms with Crippen LogP contribution < -0.4 is 5.32 Å². The first-order valence-electron chi connectivity index (χ1n) is 4.11. The molecule has 1 heterocycles. The maximum Gasteiger partial charge on any atom is 0.156 e. The number of aryl methyl sites for hydroxylation is 1. The molecule has 1 aromatic heterocycles. The van der Waals surface area contributed by atoms with E-state index in [2.05, 4.69) is 21.9 Å². The molecule has 6 heteroatoms. The van der Waals surface area contributed by atoms with Gasteiger partial charge in [0.25, 0.3) is 0 Å². The molecular weight excluding hydrogens is 237 g/mol. The van der Waals surface area contributed by atoms with E-state index in [4.69, 9.17) is 23.2 Å². The Hall–Kier alpha value is -1.13. The van der Waals surface area contributed by atoms with Crippen LogP contribution in [-0.4, -0.2) is 22.8 Å². The van der Waals surface area contributed by atoms with Crippen LogP contribution in [0.1, 0.15) is 16.2 Å². The normalized spacial score (nSPS) is 9.80. The molecular formula is C9H9Cl2N3O. The largest absolute Gasteiger partial charge is 0.364 e. The lowest BCUT2D eigenvalue weighted by molar-refractivity contribution is 0.112. The first-order valence-corrected chi connectivity index (χ1v) is 4.86. The number of carbonyl (C=O) groups excluding carboxylic acids is 1. The molecule has 80 valence electrons. The molecule has 0 atom stereocenters. The zero-order chi connectivity index (χ0) is 11.4. The Labute approximate surface area is 97.3 Å². The van der Waals surface area contributed by atoms with Crippen molar-refractivity contribution in [2.24, 2.45) is 0 Å². The van der Waals surface area contributed by atoms with Gasteiger partial charge in [0.1, 0.15) is 16.8 Å². The fourth-order valence-corrected chi connectivity index (χ4v) is 1.29. The molecule has 0 bridgehead atoms. The van der Waals surface area contributed by atoms with Gasteiger partial charge in [-0.1, -0.05) is 29.8 Å². The zero-order valence-electron chi connectivity index (χ0n) is 8.05. The number of hydrogen-bond acceptors (Lipinski definition) is 4. The second-order valence-electron chi connectivity index (χ2n) is 2.81. The van der Waals surface area contributed by atoms with Crippen LogP contribution in [0, 0.1) is 6.92 Å². The van der Waals surface area contributed by atoms with Gasteiger partial charge >= 0.3 is 0 Å². The molecule has 0 radical (unpaired) electrons. The van der Waals surface area contributed by atoms with Crippen molar-refractivity contribution in [3.05, 3.63) is 28.2 Å². The average Bonchev–Trinajstić information content (AvgIpc) is 2.13. The molecule has 1 aromatic rings. The quantitative estimate of drug-likeness (QED) is 0.654. The topological polar surface area (TPSA) is 54.9 Å². The predicted molar refractivity (Wildman–Crippen MR) is 60.6 cm³/mol. The van der Waals surface area contributed by atoms with Gasteiger partial charge in [0.15, 0.2) is 6.29 Å². The molecule has 0 aliphatic carbocycles. The van der Waals surface area contributed by atoms with E-state index in [1.165, 1.54) is 0 Å². The van der Waals surface area contributed by atoms with Crippen molar-refractivity contribution >= 4 is 35.3 Å². The van der Waals surface area contributed by atoms with Crippen molar-refractivity contribution in [3.8, 4) is 0 Å². The van der Waals surface area contributed by atoms with Crippen LogP contribution in [0.3, 0.4) is 0 Å². The maximum absolute atomic E-state index is 10.7. The van der Waals surface area contributed by atoms with Crippen LogP contribution in [0.15, 0.2) is 11.6 Å². The van der Waals surface area contributed by atoms with E-state index < -0.39 is 0 Å². The molecule has 0 saturated carbocycles. The van der Waals surface area contributed by atoms with Gasteiger partial charge in [-0.3, -0.25) is 4.79 Å². The summed E-state index contributed by atoms with van der Waals surface area (Å²) in [6, 6.07) is 0.